The molecule has 0 amide bonds. The van der Waals surface area contributed by atoms with Crippen molar-refractivity contribution in [3.05, 3.63) is 0 Å². The second-order valence-electron chi connectivity index (χ2n) is 3.23. The monoisotopic (exact) mass is 196 g/mol. The number of amidine groups is 1. The van der Waals surface area contributed by atoms with Gasteiger partial charge in [0.2, 0.25) is 0 Å². The lowest BCUT2D eigenvalue weighted by atomic mass is 10.3. The number of halogens is 3. The predicted octanol–water partition coefficient (Wildman–Crippen LogP) is 2.35. The first-order chi connectivity index (χ1) is 5.73. The van der Waals surface area contributed by atoms with Crippen LogP contribution in [0.25, 0.3) is 0 Å². The number of hydrogen-bond acceptors (Lipinski definition) is 1. The van der Waals surface area contributed by atoms with Gasteiger partial charge >= 0.3 is 6.18 Å². The Balaban J connectivity index is 4.22. The summed E-state index contributed by atoms with van der Waals surface area (Å²) in [5, 5.41) is 2.80. The molecular formula is C8H15F3N2. The molecule has 0 spiro atoms. The Kier molecular flexibility index (Phi) is 4.23. The zero-order valence-electron chi connectivity index (χ0n) is 8.24. The Morgan fingerprint density at radius 3 is 2.00 bits per heavy atom. The average molecular weight is 196 g/mol. The molecule has 1 N–H and O–H groups in total. The first-order valence-electron chi connectivity index (χ1n) is 4.11. The van der Waals surface area contributed by atoms with E-state index in [9.17, 15) is 13.2 Å². The summed E-state index contributed by atoms with van der Waals surface area (Å²) in [6.45, 7) is 6.25. The van der Waals surface area contributed by atoms with Gasteiger partial charge in [-0.2, -0.15) is 13.2 Å². The molecule has 0 saturated heterocycles. The Morgan fingerprint density at radius 2 is 1.69 bits per heavy atom. The van der Waals surface area contributed by atoms with Crippen LogP contribution in [0, 0.1) is 0 Å². The van der Waals surface area contributed by atoms with E-state index < -0.39 is 12.2 Å². The van der Waals surface area contributed by atoms with Crippen molar-refractivity contribution in [3.8, 4) is 0 Å². The van der Waals surface area contributed by atoms with Gasteiger partial charge in [0, 0.05) is 6.04 Å². The van der Waals surface area contributed by atoms with Crippen LogP contribution in [-0.2, 0) is 0 Å². The summed E-state index contributed by atoms with van der Waals surface area (Å²) in [5.74, 6) is 0.319. The van der Waals surface area contributed by atoms with E-state index in [0.717, 1.165) is 6.92 Å². The van der Waals surface area contributed by atoms with Crippen molar-refractivity contribution in [3.63, 3.8) is 0 Å². The lowest BCUT2D eigenvalue weighted by molar-refractivity contribution is -0.142. The summed E-state index contributed by atoms with van der Waals surface area (Å²) in [4.78, 5) is 3.47. The van der Waals surface area contributed by atoms with E-state index >= 15 is 0 Å². The van der Waals surface area contributed by atoms with Crippen molar-refractivity contribution in [1.29, 1.82) is 0 Å². The fourth-order valence-electron chi connectivity index (χ4n) is 0.819. The molecule has 0 aromatic carbocycles. The van der Waals surface area contributed by atoms with Crippen LogP contribution in [0.2, 0.25) is 0 Å². The number of nitrogens with zero attached hydrogens (tertiary/aromatic N) is 1. The van der Waals surface area contributed by atoms with Crippen LogP contribution in [0.4, 0.5) is 13.2 Å². The van der Waals surface area contributed by atoms with Crippen LogP contribution in [0.3, 0.4) is 0 Å². The molecule has 13 heavy (non-hydrogen) atoms. The molecule has 0 aliphatic heterocycles. The minimum Gasteiger partial charge on any atom is -0.372 e. The molecule has 0 heterocycles. The highest BCUT2D eigenvalue weighted by atomic mass is 19.4. The summed E-state index contributed by atoms with van der Waals surface area (Å²) < 4.78 is 36.0. The molecular weight excluding hydrogens is 181 g/mol. The Bertz CT molecular complexity index is 184. The quantitative estimate of drug-likeness (QED) is 0.532. The first kappa shape index (κ1) is 12.3. The minimum atomic E-state index is -4.25. The number of nitrogens with one attached hydrogen (secondary N) is 1. The first-order valence-corrected chi connectivity index (χ1v) is 4.11. The van der Waals surface area contributed by atoms with Crippen LogP contribution in [-0.4, -0.2) is 24.1 Å². The molecule has 1 atom stereocenters. The highest BCUT2D eigenvalue weighted by molar-refractivity contribution is 5.79. The molecule has 0 aliphatic rings. The molecule has 0 aromatic rings. The van der Waals surface area contributed by atoms with Gasteiger partial charge in [-0.15, -0.1) is 0 Å². The Hall–Kier alpha value is -0.740. The van der Waals surface area contributed by atoms with Crippen molar-refractivity contribution in [1.82, 2.24) is 5.32 Å². The fourth-order valence-corrected chi connectivity index (χ4v) is 0.819. The van der Waals surface area contributed by atoms with Crippen molar-refractivity contribution in [2.45, 2.75) is 46.0 Å². The van der Waals surface area contributed by atoms with Gasteiger partial charge in [0.15, 0.2) is 0 Å². The third-order valence-corrected chi connectivity index (χ3v) is 1.36. The second-order valence-corrected chi connectivity index (χ2v) is 3.23. The van der Waals surface area contributed by atoms with Crippen LogP contribution in [0.5, 0.6) is 0 Å². The van der Waals surface area contributed by atoms with Crippen molar-refractivity contribution < 1.29 is 13.2 Å². The van der Waals surface area contributed by atoms with E-state index in [2.05, 4.69) is 10.3 Å². The zero-order chi connectivity index (χ0) is 10.6. The summed E-state index contributed by atoms with van der Waals surface area (Å²) in [6.07, 6.45) is -4.25. The van der Waals surface area contributed by atoms with E-state index in [4.69, 9.17) is 0 Å². The maximum Gasteiger partial charge on any atom is 0.410 e. The maximum absolute atomic E-state index is 12.0. The molecule has 0 aromatic heterocycles. The van der Waals surface area contributed by atoms with E-state index in [1.165, 1.54) is 6.92 Å². The lowest BCUT2D eigenvalue weighted by Gasteiger charge is -2.14. The van der Waals surface area contributed by atoms with Gasteiger partial charge in [0.05, 0.1) is 5.84 Å². The molecule has 5 heteroatoms. The Morgan fingerprint density at radius 1 is 1.23 bits per heavy atom. The number of alkyl halides is 3. The predicted molar refractivity (Wildman–Crippen MR) is 46.9 cm³/mol. The molecule has 0 aliphatic carbocycles. The maximum atomic E-state index is 12.0. The SMILES string of the molecule is CC(=NC(C)C(F)(F)F)NC(C)C. The number of rotatable bonds is 2. The van der Waals surface area contributed by atoms with Crippen molar-refractivity contribution >= 4 is 5.84 Å². The van der Waals surface area contributed by atoms with Gasteiger partial charge in [0.25, 0.3) is 0 Å². The molecule has 0 bridgehead atoms. The van der Waals surface area contributed by atoms with E-state index in [0.29, 0.717) is 5.84 Å². The average Bonchev–Trinajstić information content (AvgIpc) is 1.82. The van der Waals surface area contributed by atoms with Gasteiger partial charge < -0.3 is 5.32 Å². The standard InChI is InChI=1S/C8H15F3N2/c1-5(2)12-7(4)13-6(3)8(9,10)11/h5-6H,1-4H3,(H,12,13). The molecule has 0 saturated carbocycles. The second kappa shape index (κ2) is 4.48. The van der Waals surface area contributed by atoms with Crippen molar-refractivity contribution in [2.24, 2.45) is 4.99 Å². The highest BCUT2D eigenvalue weighted by Crippen LogP contribution is 2.22. The highest BCUT2D eigenvalue weighted by Gasteiger charge is 2.35. The summed E-state index contributed by atoms with van der Waals surface area (Å²) >= 11 is 0. The zero-order valence-corrected chi connectivity index (χ0v) is 8.24. The van der Waals surface area contributed by atoms with Crippen LogP contribution in [0.1, 0.15) is 27.7 Å². The molecule has 0 rings (SSSR count). The topological polar surface area (TPSA) is 24.4 Å². The van der Waals surface area contributed by atoms with Gasteiger partial charge in [-0.25, -0.2) is 0 Å². The van der Waals surface area contributed by atoms with E-state index in [1.807, 2.05) is 13.8 Å². The molecule has 78 valence electrons. The van der Waals surface area contributed by atoms with Gasteiger partial charge in [0.1, 0.15) is 6.04 Å². The van der Waals surface area contributed by atoms with Crippen LogP contribution in [0.15, 0.2) is 4.99 Å². The summed E-state index contributed by atoms with van der Waals surface area (Å²) in [7, 11) is 0. The molecule has 0 fully saturated rings. The smallest absolute Gasteiger partial charge is 0.372 e. The van der Waals surface area contributed by atoms with Crippen LogP contribution >= 0.6 is 0 Å². The molecule has 1 unspecified atom stereocenters. The summed E-state index contributed by atoms with van der Waals surface area (Å²) in [6, 6.07) is -1.54. The van der Waals surface area contributed by atoms with E-state index in [-0.39, 0.29) is 6.04 Å². The third kappa shape index (κ3) is 5.49. The Labute approximate surface area is 76.2 Å². The lowest BCUT2D eigenvalue weighted by Crippen LogP contribution is -2.32. The number of aliphatic imine (C=N–C) groups is 1. The normalized spacial score (nSPS) is 16.2. The van der Waals surface area contributed by atoms with Gasteiger partial charge in [-0.1, -0.05) is 0 Å². The van der Waals surface area contributed by atoms with Crippen molar-refractivity contribution in [2.75, 3.05) is 0 Å². The summed E-state index contributed by atoms with van der Waals surface area (Å²) in [5.41, 5.74) is 0. The van der Waals surface area contributed by atoms with Crippen LogP contribution < -0.4 is 5.32 Å². The number of hydrogen-bond donors (Lipinski definition) is 1. The van der Waals surface area contributed by atoms with Gasteiger partial charge in [-0.3, -0.25) is 4.99 Å². The van der Waals surface area contributed by atoms with Gasteiger partial charge in [-0.05, 0) is 27.7 Å². The minimum absolute atomic E-state index is 0.101. The fraction of sp³-hybridized carbons (Fsp3) is 0.875. The largest absolute Gasteiger partial charge is 0.410 e. The molecule has 0 radical (unpaired) electrons. The van der Waals surface area contributed by atoms with E-state index in [1.54, 1.807) is 0 Å². The molecule has 2 nitrogen and oxygen atoms in total. The third-order valence-electron chi connectivity index (χ3n) is 1.36.